The maximum Gasteiger partial charge on any atom is 0.293 e. The van der Waals surface area contributed by atoms with Crippen LogP contribution in [0, 0.1) is 0 Å². The zero-order valence-electron chi connectivity index (χ0n) is 17.7. The summed E-state index contributed by atoms with van der Waals surface area (Å²) in [6, 6.07) is 12.4. The van der Waals surface area contributed by atoms with E-state index >= 15 is 0 Å². The Bertz CT molecular complexity index is 1040. The molecule has 0 radical (unpaired) electrons. The molecule has 0 aliphatic carbocycles. The molecule has 3 rings (SSSR count). The first-order chi connectivity index (χ1) is 15.4. The fourth-order valence-electron chi connectivity index (χ4n) is 3.12. The number of nitrogens with zero attached hydrogens (tertiary/aromatic N) is 1. The molecule has 2 aromatic rings. The van der Waals surface area contributed by atoms with Crippen LogP contribution in [0.15, 0.2) is 47.4 Å². The molecule has 1 saturated heterocycles. The van der Waals surface area contributed by atoms with Gasteiger partial charge in [-0.2, -0.15) is 0 Å². The van der Waals surface area contributed by atoms with E-state index in [4.69, 9.17) is 21.1 Å². The Labute approximate surface area is 195 Å². The molecule has 1 aliphatic heterocycles. The highest BCUT2D eigenvalue weighted by Gasteiger charge is 2.34. The van der Waals surface area contributed by atoms with Crippen LogP contribution in [0.4, 0.5) is 4.79 Å². The van der Waals surface area contributed by atoms with E-state index in [-0.39, 0.29) is 36.6 Å². The van der Waals surface area contributed by atoms with E-state index in [1.165, 1.54) is 0 Å². The Hall–Kier alpha value is -2.97. The second-order valence-corrected chi connectivity index (χ2v) is 8.34. The third-order valence-electron chi connectivity index (χ3n) is 4.81. The van der Waals surface area contributed by atoms with Gasteiger partial charge in [0, 0.05) is 24.5 Å². The maximum atomic E-state index is 12.6. The fourth-order valence-corrected chi connectivity index (χ4v) is 4.12. The average molecular weight is 475 g/mol. The molecule has 3 amide bonds. The van der Waals surface area contributed by atoms with Gasteiger partial charge >= 0.3 is 0 Å². The molecule has 1 heterocycles. The first kappa shape index (κ1) is 23.7. The normalized spacial score (nSPS) is 14.7. The number of ether oxygens (including phenoxy) is 2. The smallest absolute Gasteiger partial charge is 0.293 e. The number of thioether (sulfide) groups is 1. The first-order valence-corrected chi connectivity index (χ1v) is 11.1. The Morgan fingerprint density at radius 1 is 1.12 bits per heavy atom. The maximum absolute atomic E-state index is 12.6. The van der Waals surface area contributed by atoms with Crippen LogP contribution in [0.5, 0.6) is 11.5 Å². The van der Waals surface area contributed by atoms with Gasteiger partial charge in [0.15, 0.2) is 0 Å². The first-order valence-electron chi connectivity index (χ1n) is 9.90. The minimum absolute atomic E-state index is 0.108. The van der Waals surface area contributed by atoms with Gasteiger partial charge in [-0.3, -0.25) is 19.3 Å². The van der Waals surface area contributed by atoms with Crippen molar-refractivity contribution >= 4 is 46.5 Å². The number of halogens is 1. The summed E-state index contributed by atoms with van der Waals surface area (Å²) >= 11 is 6.75. The summed E-state index contributed by atoms with van der Waals surface area (Å²) in [5.74, 6) is 0.819. The van der Waals surface area contributed by atoms with Gasteiger partial charge in [-0.25, -0.2) is 0 Å². The number of hydrogen-bond donors (Lipinski definition) is 1. The van der Waals surface area contributed by atoms with E-state index < -0.39 is 0 Å². The molecule has 0 bridgehead atoms. The molecule has 7 nitrogen and oxygen atoms in total. The molecular weight excluding hydrogens is 452 g/mol. The fraction of sp³-hybridized carbons (Fsp3) is 0.261. The van der Waals surface area contributed by atoms with Crippen molar-refractivity contribution in [1.82, 2.24) is 10.2 Å². The van der Waals surface area contributed by atoms with Crippen LogP contribution in [-0.2, 0) is 16.0 Å². The van der Waals surface area contributed by atoms with E-state index in [1.54, 1.807) is 56.7 Å². The highest BCUT2D eigenvalue weighted by molar-refractivity contribution is 8.18. The van der Waals surface area contributed by atoms with Crippen LogP contribution in [0.3, 0.4) is 0 Å². The van der Waals surface area contributed by atoms with Crippen LogP contribution in [0.25, 0.3) is 6.08 Å². The lowest BCUT2D eigenvalue weighted by Crippen LogP contribution is -2.37. The van der Waals surface area contributed by atoms with Crippen LogP contribution >= 0.6 is 23.4 Å². The van der Waals surface area contributed by atoms with Gasteiger partial charge < -0.3 is 14.8 Å². The van der Waals surface area contributed by atoms with Gasteiger partial charge in [-0.05, 0) is 65.7 Å². The van der Waals surface area contributed by atoms with Crippen LogP contribution < -0.4 is 14.8 Å². The summed E-state index contributed by atoms with van der Waals surface area (Å²) < 4.78 is 10.5. The molecule has 2 aromatic carbocycles. The van der Waals surface area contributed by atoms with E-state index in [2.05, 4.69) is 5.32 Å². The predicted molar refractivity (Wildman–Crippen MR) is 125 cm³/mol. The zero-order valence-corrected chi connectivity index (χ0v) is 19.3. The number of hydrogen-bond acceptors (Lipinski definition) is 6. The molecule has 1 aliphatic rings. The Morgan fingerprint density at radius 3 is 2.56 bits per heavy atom. The summed E-state index contributed by atoms with van der Waals surface area (Å²) in [5, 5.41) is 2.99. The SMILES string of the molecule is COc1ccc(OC)c(CCC(=O)NCCN2C(=O)S/C(=C\c3ccc(Cl)cc3)C2=O)c1. The molecule has 32 heavy (non-hydrogen) atoms. The molecule has 0 spiro atoms. The van der Waals surface area contributed by atoms with Crippen molar-refractivity contribution in [3.8, 4) is 11.5 Å². The summed E-state index contributed by atoms with van der Waals surface area (Å²) in [4.78, 5) is 38.5. The van der Waals surface area contributed by atoms with E-state index in [1.807, 2.05) is 6.07 Å². The number of nitrogens with one attached hydrogen (secondary N) is 1. The minimum Gasteiger partial charge on any atom is -0.497 e. The number of imide groups is 1. The number of carbonyl (C=O) groups excluding carboxylic acids is 3. The van der Waals surface area contributed by atoms with Crippen LogP contribution in [-0.4, -0.2) is 49.3 Å². The topological polar surface area (TPSA) is 84.9 Å². The third-order valence-corrected chi connectivity index (χ3v) is 5.97. The molecule has 1 fully saturated rings. The van der Waals surface area contributed by atoms with Crippen molar-refractivity contribution in [2.75, 3.05) is 27.3 Å². The monoisotopic (exact) mass is 474 g/mol. The second-order valence-electron chi connectivity index (χ2n) is 6.91. The van der Waals surface area contributed by atoms with Gasteiger partial charge in [-0.1, -0.05) is 23.7 Å². The average Bonchev–Trinajstić information content (AvgIpc) is 3.06. The molecular formula is C23H23ClN2O5S. The second kappa shape index (κ2) is 11.1. The number of methoxy groups -OCH3 is 2. The zero-order chi connectivity index (χ0) is 23.1. The molecule has 0 atom stereocenters. The molecule has 0 saturated carbocycles. The van der Waals surface area contributed by atoms with Gasteiger partial charge in [0.1, 0.15) is 11.5 Å². The number of rotatable bonds is 9. The van der Waals surface area contributed by atoms with E-state index in [0.717, 1.165) is 27.8 Å². The highest BCUT2D eigenvalue weighted by Crippen LogP contribution is 2.32. The van der Waals surface area contributed by atoms with Crippen LogP contribution in [0.2, 0.25) is 5.02 Å². The molecule has 1 N–H and O–H groups in total. The lowest BCUT2D eigenvalue weighted by molar-refractivity contribution is -0.124. The van der Waals surface area contributed by atoms with E-state index in [0.29, 0.717) is 27.8 Å². The summed E-state index contributed by atoms with van der Waals surface area (Å²) in [6.07, 6.45) is 2.36. The van der Waals surface area contributed by atoms with Crippen molar-refractivity contribution in [2.45, 2.75) is 12.8 Å². The molecule has 0 unspecified atom stereocenters. The van der Waals surface area contributed by atoms with Gasteiger partial charge in [0.2, 0.25) is 5.91 Å². The van der Waals surface area contributed by atoms with Crippen molar-refractivity contribution in [2.24, 2.45) is 0 Å². The lowest BCUT2D eigenvalue weighted by atomic mass is 10.1. The van der Waals surface area contributed by atoms with Gasteiger partial charge in [0.05, 0.1) is 19.1 Å². The highest BCUT2D eigenvalue weighted by atomic mass is 35.5. The Morgan fingerprint density at radius 2 is 1.88 bits per heavy atom. The van der Waals surface area contributed by atoms with Gasteiger partial charge in [0.25, 0.3) is 11.1 Å². The molecule has 9 heteroatoms. The Kier molecular flexibility index (Phi) is 8.19. The standard InChI is InChI=1S/C23H23ClN2O5S/c1-30-18-8-9-19(31-2)16(14-18)5-10-21(27)25-11-12-26-22(28)20(32-23(26)29)13-15-3-6-17(24)7-4-15/h3-4,6-9,13-14H,5,10-12H2,1-2H3,(H,25,27)/b20-13-. The molecule has 0 aromatic heterocycles. The van der Waals surface area contributed by atoms with Crippen LogP contribution in [0.1, 0.15) is 17.5 Å². The van der Waals surface area contributed by atoms with E-state index in [9.17, 15) is 14.4 Å². The number of carbonyl (C=O) groups is 3. The number of amides is 3. The minimum atomic E-state index is -0.370. The summed E-state index contributed by atoms with van der Waals surface area (Å²) in [5.41, 5.74) is 1.64. The quantitative estimate of drug-likeness (QED) is 0.550. The van der Waals surface area contributed by atoms with Crippen molar-refractivity contribution in [1.29, 1.82) is 0 Å². The largest absolute Gasteiger partial charge is 0.497 e. The van der Waals surface area contributed by atoms with Gasteiger partial charge in [-0.15, -0.1) is 0 Å². The number of aryl methyl sites for hydroxylation is 1. The number of benzene rings is 2. The summed E-state index contributed by atoms with van der Waals surface area (Å²) in [7, 11) is 3.15. The predicted octanol–water partition coefficient (Wildman–Crippen LogP) is 4.14. The Balaban J connectivity index is 1.49. The van der Waals surface area contributed by atoms with Crippen molar-refractivity contribution in [3.05, 3.63) is 63.5 Å². The molecule has 168 valence electrons. The summed E-state index contributed by atoms with van der Waals surface area (Å²) in [6.45, 7) is 0.289. The third kappa shape index (κ3) is 6.05. The van der Waals surface area contributed by atoms with Crippen molar-refractivity contribution < 1.29 is 23.9 Å². The lowest BCUT2D eigenvalue weighted by Gasteiger charge is -2.13. The van der Waals surface area contributed by atoms with Crippen molar-refractivity contribution in [3.63, 3.8) is 0 Å².